The number of amides is 1. The summed E-state index contributed by atoms with van der Waals surface area (Å²) in [5, 5.41) is 40.9. The second kappa shape index (κ2) is 18.1. The minimum Gasteiger partial charge on any atom is -0.490 e. The first-order chi connectivity index (χ1) is 31.8. The summed E-state index contributed by atoms with van der Waals surface area (Å²) >= 11 is 0. The average Bonchev–Trinajstić information content (AvgIpc) is 3.30. The summed E-state index contributed by atoms with van der Waals surface area (Å²) in [5.74, 6) is -6.55. The molecule has 8 rings (SSSR count). The molecule has 2 aliphatic heterocycles. The molecule has 2 heterocycles. The summed E-state index contributed by atoms with van der Waals surface area (Å²) in [6.07, 6.45) is -7.35. The summed E-state index contributed by atoms with van der Waals surface area (Å²) in [6.45, 7) is 6.89. The number of Topliss-reactive ketones (excluding diaryl/α,β-unsaturated/α-hetero) is 1. The Labute approximate surface area is 387 Å². The zero-order chi connectivity index (χ0) is 48.1. The number of ketones is 1. The fraction of sp³-hybridized carbons (Fsp3) is 0.451. The Bertz CT molecular complexity index is 2500. The Hall–Kier alpha value is -6.20. The topological polar surface area (TPSA) is 231 Å². The zero-order valence-corrected chi connectivity index (χ0v) is 37.8. The third kappa shape index (κ3) is 8.23. The molecule has 16 nitrogen and oxygen atoms in total. The maximum atomic E-state index is 15.7. The number of benzene rings is 3. The van der Waals surface area contributed by atoms with Crippen LogP contribution in [0.15, 0.2) is 108 Å². The molecule has 11 atom stereocenters. The number of rotatable bonds is 5. The molecule has 3 aromatic carbocycles. The number of aliphatic hydroxyl groups excluding tert-OH is 2. The number of esters is 4. The number of fused-ring (bicyclic) bond motifs is 4. The summed E-state index contributed by atoms with van der Waals surface area (Å²) in [4.78, 5) is 85.6. The van der Waals surface area contributed by atoms with E-state index in [1.165, 1.54) is 26.0 Å². The molecule has 1 saturated heterocycles. The van der Waals surface area contributed by atoms with Crippen LogP contribution in [0.4, 0.5) is 0 Å². The molecule has 67 heavy (non-hydrogen) atoms. The quantitative estimate of drug-likeness (QED) is 0.158. The van der Waals surface area contributed by atoms with Crippen LogP contribution in [0.1, 0.15) is 92.6 Å². The van der Waals surface area contributed by atoms with Gasteiger partial charge < -0.3 is 49.1 Å². The van der Waals surface area contributed by atoms with Gasteiger partial charge in [-0.1, -0.05) is 74.5 Å². The molecule has 1 spiro atoms. The van der Waals surface area contributed by atoms with E-state index in [0.717, 1.165) is 6.92 Å². The minimum atomic E-state index is -2.42. The summed E-state index contributed by atoms with van der Waals surface area (Å²) in [5.41, 5.74) is -7.30. The van der Waals surface area contributed by atoms with Crippen LogP contribution in [0.2, 0.25) is 0 Å². The van der Waals surface area contributed by atoms with Crippen LogP contribution in [0.5, 0.6) is 5.75 Å². The minimum absolute atomic E-state index is 0.0108. The van der Waals surface area contributed by atoms with E-state index in [-0.39, 0.29) is 60.3 Å². The lowest BCUT2D eigenvalue weighted by Crippen LogP contribution is -2.82. The third-order valence-corrected chi connectivity index (χ3v) is 14.5. The van der Waals surface area contributed by atoms with E-state index in [4.69, 9.17) is 28.4 Å². The smallest absolute Gasteiger partial charge is 0.338 e. The first kappa shape index (κ1) is 47.3. The van der Waals surface area contributed by atoms with Crippen molar-refractivity contribution in [1.29, 1.82) is 0 Å². The fourth-order valence-corrected chi connectivity index (χ4v) is 10.8. The Morgan fingerprint density at radius 3 is 2.21 bits per heavy atom. The molecule has 2 saturated carbocycles. The lowest BCUT2D eigenvalue weighted by Gasteiger charge is -2.67. The summed E-state index contributed by atoms with van der Waals surface area (Å²) < 4.78 is 37.0. The molecule has 1 amide bonds. The van der Waals surface area contributed by atoms with Gasteiger partial charge in [-0.2, -0.15) is 0 Å². The molecule has 354 valence electrons. The number of ether oxygens (including phenoxy) is 6. The molecular formula is C51H55NO15. The van der Waals surface area contributed by atoms with Crippen molar-refractivity contribution in [2.45, 2.75) is 114 Å². The van der Waals surface area contributed by atoms with E-state index in [1.54, 1.807) is 98.8 Å². The summed E-state index contributed by atoms with van der Waals surface area (Å²) in [7, 11) is 0. The predicted molar refractivity (Wildman–Crippen MR) is 236 cm³/mol. The van der Waals surface area contributed by atoms with Gasteiger partial charge >= 0.3 is 23.9 Å². The molecule has 0 aromatic heterocycles. The van der Waals surface area contributed by atoms with Crippen molar-refractivity contribution in [3.05, 3.63) is 125 Å². The van der Waals surface area contributed by atoms with Crippen LogP contribution >= 0.6 is 0 Å². The van der Waals surface area contributed by atoms with Crippen LogP contribution in [0, 0.1) is 16.7 Å². The van der Waals surface area contributed by atoms with Gasteiger partial charge in [-0.3, -0.25) is 19.2 Å². The Kier molecular flexibility index (Phi) is 12.8. The molecule has 3 aliphatic carbocycles. The van der Waals surface area contributed by atoms with Crippen LogP contribution in [0.3, 0.4) is 0 Å². The van der Waals surface area contributed by atoms with Gasteiger partial charge in [0.2, 0.25) is 0 Å². The fourth-order valence-electron chi connectivity index (χ4n) is 10.8. The highest BCUT2D eigenvalue weighted by atomic mass is 16.6. The van der Waals surface area contributed by atoms with Gasteiger partial charge in [0, 0.05) is 37.2 Å². The van der Waals surface area contributed by atoms with Crippen molar-refractivity contribution in [2.75, 3.05) is 13.2 Å². The van der Waals surface area contributed by atoms with Crippen LogP contribution in [-0.2, 0) is 42.9 Å². The van der Waals surface area contributed by atoms with Gasteiger partial charge in [0.25, 0.3) is 5.91 Å². The average molecular weight is 922 g/mol. The largest absolute Gasteiger partial charge is 0.490 e. The Balaban J connectivity index is 1.33. The van der Waals surface area contributed by atoms with Gasteiger partial charge in [-0.15, -0.1) is 0 Å². The second-order valence-corrected chi connectivity index (χ2v) is 18.7. The van der Waals surface area contributed by atoms with Crippen LogP contribution < -0.4 is 10.1 Å². The van der Waals surface area contributed by atoms with Crippen molar-refractivity contribution in [1.82, 2.24) is 5.32 Å². The maximum absolute atomic E-state index is 15.7. The molecule has 3 aromatic rings. The molecule has 2 unspecified atom stereocenters. The number of carbonyl (C=O) groups is 6. The van der Waals surface area contributed by atoms with E-state index in [0.29, 0.717) is 5.75 Å². The van der Waals surface area contributed by atoms with E-state index in [9.17, 15) is 39.3 Å². The normalized spacial score (nSPS) is 34.2. The van der Waals surface area contributed by atoms with Gasteiger partial charge in [0.05, 0.1) is 35.6 Å². The molecular weight excluding hydrogens is 867 g/mol. The molecule has 4 N–H and O–H groups in total. The van der Waals surface area contributed by atoms with Gasteiger partial charge in [0.15, 0.2) is 23.6 Å². The molecule has 5 aliphatic rings. The number of nitrogens with one attached hydrogen (secondary N) is 1. The Morgan fingerprint density at radius 1 is 0.866 bits per heavy atom. The van der Waals surface area contributed by atoms with E-state index in [2.05, 4.69) is 5.32 Å². The number of hydrogen-bond donors (Lipinski definition) is 4. The van der Waals surface area contributed by atoms with Gasteiger partial charge in [0.1, 0.15) is 36.3 Å². The number of carbonyl (C=O) groups excluding carboxylic acids is 6. The zero-order valence-electron chi connectivity index (χ0n) is 37.8. The van der Waals surface area contributed by atoms with Crippen molar-refractivity contribution in [2.24, 2.45) is 16.7 Å². The predicted octanol–water partition coefficient (Wildman–Crippen LogP) is 4.44. The second-order valence-electron chi connectivity index (χ2n) is 18.7. The van der Waals surface area contributed by atoms with Gasteiger partial charge in [-0.25, -0.2) is 9.59 Å². The molecule has 0 radical (unpaired) electrons. The van der Waals surface area contributed by atoms with Crippen molar-refractivity contribution in [3.8, 4) is 5.75 Å². The number of allylic oxidation sites excluding steroid dienone is 1. The van der Waals surface area contributed by atoms with Crippen molar-refractivity contribution >= 4 is 35.6 Å². The highest BCUT2D eigenvalue weighted by Crippen LogP contribution is 2.64. The van der Waals surface area contributed by atoms with Crippen LogP contribution in [-0.4, -0.2) is 112 Å². The standard InChI is InChI=1S/C51H55NO15/c1-28-34-26-51(61)44(66-46(59)31-18-11-7-12-19-31)42-49(5,43(57)41(64-29(2)53)38(28)48(51,3)4)35(54)25-36-50(42,27-63-36)67-37(55)22-13-8-14-23-62-33-21-15-20-32(24-33)39(40(56)47(60)65-34)52-45(58)30-16-9-6-10-17-30/h6-12,14-21,24,34-36,39-42,44,54,56,61H,13,22-23,25-27H2,1-5H3,(H,52,58)/b14-8-/t34-,35-,36+,39?,40?,41+,42-,44-,49+,50-,51+/m0/s1. The monoisotopic (exact) mass is 921 g/mol. The lowest BCUT2D eigenvalue weighted by atomic mass is 9.44. The van der Waals surface area contributed by atoms with Gasteiger partial charge in [-0.05, 0) is 73.4 Å². The molecule has 6 bridgehead atoms. The van der Waals surface area contributed by atoms with Crippen LogP contribution in [0.25, 0.3) is 0 Å². The SMILES string of the molecule is CC(=O)O[C@H]1C(=O)[C@@]2(C)[C@@H]3[C@H](OC(=O)c4ccccc4)[C@]4(O)C[C@H](OC(=O)C(O)C(NC(=O)c5ccccc5)c5cccc(c5)OC/C=C\CCC(=O)O[C@]35CO[C@@H]5C[C@@H]2O)C(C)=C1C4(C)C. The first-order valence-corrected chi connectivity index (χ1v) is 22.4. The van der Waals surface area contributed by atoms with E-state index in [1.807, 2.05) is 0 Å². The highest BCUT2D eigenvalue weighted by molar-refractivity contribution is 5.96. The maximum Gasteiger partial charge on any atom is 0.338 e. The third-order valence-electron chi connectivity index (χ3n) is 14.5. The summed E-state index contributed by atoms with van der Waals surface area (Å²) in [6, 6.07) is 21.0. The highest BCUT2D eigenvalue weighted by Gasteiger charge is 2.78. The molecule has 3 fully saturated rings. The first-order valence-electron chi connectivity index (χ1n) is 22.4. The number of aliphatic hydroxyl groups is 3. The van der Waals surface area contributed by atoms with Crippen molar-refractivity contribution < 1.29 is 72.5 Å². The van der Waals surface area contributed by atoms with Crippen molar-refractivity contribution in [3.63, 3.8) is 0 Å². The van der Waals surface area contributed by atoms with E-state index >= 15 is 4.79 Å². The lowest BCUT2D eigenvalue weighted by molar-refractivity contribution is -0.346. The number of hydrogen-bond acceptors (Lipinski definition) is 15. The molecule has 16 heteroatoms. The van der Waals surface area contributed by atoms with E-state index < -0.39 is 113 Å². The Morgan fingerprint density at radius 2 is 1.55 bits per heavy atom.